The Balaban J connectivity index is 1.48. The zero-order valence-corrected chi connectivity index (χ0v) is 22.4. The molecule has 0 aliphatic carbocycles. The lowest BCUT2D eigenvalue weighted by molar-refractivity contribution is -0.154. The maximum Gasteiger partial charge on any atom is 0.453 e. The van der Waals surface area contributed by atoms with Crippen molar-refractivity contribution in [1.82, 2.24) is 4.90 Å². The molecule has 0 saturated carbocycles. The van der Waals surface area contributed by atoms with Crippen LogP contribution in [0, 0.1) is 0 Å². The van der Waals surface area contributed by atoms with Crippen LogP contribution >= 0.6 is 0 Å². The molecular formula is C30H22F3NO8. The van der Waals surface area contributed by atoms with Crippen LogP contribution in [-0.4, -0.2) is 35.3 Å². The summed E-state index contributed by atoms with van der Waals surface area (Å²) in [7, 11) is 0. The fraction of sp³-hybridized carbons (Fsp3) is 0.200. The van der Waals surface area contributed by atoms with Gasteiger partial charge in [0, 0.05) is 12.1 Å². The molecule has 0 atom stereocenters. The number of imide groups is 1. The van der Waals surface area contributed by atoms with Gasteiger partial charge in [-0.3, -0.25) is 19.3 Å². The fourth-order valence-electron chi connectivity index (χ4n) is 4.44. The average molecular weight is 581 g/mol. The Morgan fingerprint density at radius 1 is 0.929 bits per heavy atom. The second-order valence-corrected chi connectivity index (χ2v) is 9.45. The summed E-state index contributed by atoms with van der Waals surface area (Å²) in [5, 5.41) is -0.262. The Hall–Kier alpha value is -5.13. The molecule has 9 nitrogen and oxygen atoms in total. The minimum Gasteiger partial charge on any atom is -0.490 e. The van der Waals surface area contributed by atoms with Crippen molar-refractivity contribution >= 4 is 28.8 Å². The molecule has 1 aliphatic heterocycles. The number of nitrogens with zero attached hydrogens (tertiary/aromatic N) is 1. The molecule has 1 aliphatic rings. The van der Waals surface area contributed by atoms with Gasteiger partial charge in [0.15, 0.2) is 11.5 Å². The molecule has 5 rings (SSSR count). The summed E-state index contributed by atoms with van der Waals surface area (Å²) >= 11 is 0. The van der Waals surface area contributed by atoms with Crippen LogP contribution in [0.3, 0.4) is 0 Å². The summed E-state index contributed by atoms with van der Waals surface area (Å²) in [6, 6.07) is 12.7. The third-order valence-electron chi connectivity index (χ3n) is 6.32. The lowest BCUT2D eigenvalue weighted by Gasteiger charge is -2.17. The molecule has 0 unspecified atom stereocenters. The third kappa shape index (κ3) is 5.06. The van der Waals surface area contributed by atoms with E-state index in [0.717, 1.165) is 17.0 Å². The topological polar surface area (TPSA) is 112 Å². The Labute approximate surface area is 236 Å². The molecule has 0 bridgehead atoms. The van der Waals surface area contributed by atoms with Crippen LogP contribution in [0.1, 0.15) is 57.6 Å². The molecule has 0 spiro atoms. The third-order valence-corrected chi connectivity index (χ3v) is 6.32. The van der Waals surface area contributed by atoms with Gasteiger partial charge in [0.2, 0.25) is 11.2 Å². The van der Waals surface area contributed by atoms with Gasteiger partial charge in [-0.05, 0) is 63.2 Å². The van der Waals surface area contributed by atoms with Gasteiger partial charge in [0.1, 0.15) is 11.3 Å². The average Bonchev–Trinajstić information content (AvgIpc) is 3.19. The second kappa shape index (κ2) is 10.7. The van der Waals surface area contributed by atoms with Crippen LogP contribution in [-0.2, 0) is 6.18 Å². The molecule has 2 heterocycles. The summed E-state index contributed by atoms with van der Waals surface area (Å²) in [6.45, 7) is 5.23. The number of esters is 1. The molecule has 12 heteroatoms. The first kappa shape index (κ1) is 28.4. The van der Waals surface area contributed by atoms with Crippen molar-refractivity contribution in [2.45, 2.75) is 33.0 Å². The van der Waals surface area contributed by atoms with Crippen LogP contribution in [0.5, 0.6) is 23.0 Å². The summed E-state index contributed by atoms with van der Waals surface area (Å²) in [6.07, 6.45) is -5.12. The number of amides is 2. The van der Waals surface area contributed by atoms with Gasteiger partial charge in [0.05, 0.1) is 28.7 Å². The highest BCUT2D eigenvalue weighted by atomic mass is 19.4. The summed E-state index contributed by atoms with van der Waals surface area (Å²) < 4.78 is 63.2. The van der Waals surface area contributed by atoms with Crippen LogP contribution in [0.15, 0.2) is 69.9 Å². The van der Waals surface area contributed by atoms with E-state index in [1.165, 1.54) is 42.5 Å². The Morgan fingerprint density at radius 2 is 1.62 bits per heavy atom. The smallest absolute Gasteiger partial charge is 0.453 e. The zero-order valence-electron chi connectivity index (χ0n) is 22.4. The molecule has 0 saturated heterocycles. The molecule has 0 fully saturated rings. The number of alkyl halides is 3. The van der Waals surface area contributed by atoms with Crippen molar-refractivity contribution in [3.8, 4) is 23.0 Å². The number of fused-ring (bicyclic) bond motifs is 2. The fourth-order valence-corrected chi connectivity index (χ4v) is 4.44. The number of ether oxygens (including phenoxy) is 3. The van der Waals surface area contributed by atoms with Gasteiger partial charge in [-0.2, -0.15) is 13.2 Å². The van der Waals surface area contributed by atoms with Gasteiger partial charge in [0.25, 0.3) is 17.6 Å². The molecule has 3 aromatic carbocycles. The number of halogens is 3. The minimum atomic E-state index is -5.12. The Morgan fingerprint density at radius 3 is 2.29 bits per heavy atom. The highest BCUT2D eigenvalue weighted by Gasteiger charge is 2.41. The molecule has 0 radical (unpaired) electrons. The number of carbonyl (C=O) groups is 3. The lowest BCUT2D eigenvalue weighted by atomic mass is 10.1. The Bertz CT molecular complexity index is 1810. The van der Waals surface area contributed by atoms with E-state index in [2.05, 4.69) is 0 Å². The van der Waals surface area contributed by atoms with Gasteiger partial charge >= 0.3 is 12.1 Å². The van der Waals surface area contributed by atoms with Crippen LogP contribution < -0.4 is 19.6 Å². The van der Waals surface area contributed by atoms with Gasteiger partial charge in [-0.1, -0.05) is 12.1 Å². The molecule has 1 aromatic heterocycles. The standard InChI is InChI=1S/C30H22F3NO8/c1-4-39-21-7-5-6-8-22(21)41-25-24(35)19-12-10-17(14-23(19)42-26(25)30(31,32)33)40-29(38)16-9-11-18-20(13-16)28(37)34(15(2)3)27(18)36/h5-15H,4H2,1-3H3. The van der Waals surface area contributed by atoms with E-state index in [1.807, 2.05) is 0 Å². The molecule has 2 amide bonds. The minimum absolute atomic E-state index is 0.0286. The van der Waals surface area contributed by atoms with Crippen molar-refractivity contribution in [3.05, 3.63) is 93.3 Å². The van der Waals surface area contributed by atoms with E-state index in [0.29, 0.717) is 0 Å². The highest BCUT2D eigenvalue weighted by molar-refractivity contribution is 6.22. The van der Waals surface area contributed by atoms with Crippen LogP contribution in [0.25, 0.3) is 11.0 Å². The van der Waals surface area contributed by atoms with E-state index < -0.39 is 52.5 Å². The number of hydrogen-bond donors (Lipinski definition) is 0. The van der Waals surface area contributed by atoms with Crippen molar-refractivity contribution in [1.29, 1.82) is 0 Å². The highest BCUT2D eigenvalue weighted by Crippen LogP contribution is 2.40. The maximum atomic E-state index is 14.0. The van der Waals surface area contributed by atoms with E-state index >= 15 is 0 Å². The summed E-state index contributed by atoms with van der Waals surface area (Å²) in [5.74, 6) is -4.99. The number of benzene rings is 3. The second-order valence-electron chi connectivity index (χ2n) is 9.45. The number of rotatable bonds is 7. The van der Waals surface area contributed by atoms with Gasteiger partial charge in [-0.25, -0.2) is 4.79 Å². The van der Waals surface area contributed by atoms with Gasteiger partial charge < -0.3 is 18.6 Å². The van der Waals surface area contributed by atoms with Crippen molar-refractivity contribution in [2.24, 2.45) is 0 Å². The molecule has 216 valence electrons. The van der Waals surface area contributed by atoms with Crippen molar-refractivity contribution in [3.63, 3.8) is 0 Å². The number of carbonyl (C=O) groups excluding carboxylic acids is 3. The normalized spacial score (nSPS) is 13.1. The van der Waals surface area contributed by atoms with Crippen molar-refractivity contribution < 1.29 is 46.2 Å². The summed E-state index contributed by atoms with van der Waals surface area (Å²) in [5.41, 5.74) is -1.52. The molecule has 0 N–H and O–H groups in total. The zero-order chi connectivity index (χ0) is 30.3. The largest absolute Gasteiger partial charge is 0.490 e. The molecule has 42 heavy (non-hydrogen) atoms. The van der Waals surface area contributed by atoms with E-state index in [1.54, 1.807) is 26.8 Å². The van der Waals surface area contributed by atoms with E-state index in [4.69, 9.17) is 18.6 Å². The molecular weight excluding hydrogens is 559 g/mol. The predicted octanol–water partition coefficient (Wildman–Crippen LogP) is 6.23. The monoisotopic (exact) mass is 581 g/mol. The predicted molar refractivity (Wildman–Crippen MR) is 142 cm³/mol. The van der Waals surface area contributed by atoms with Crippen LogP contribution in [0.2, 0.25) is 0 Å². The van der Waals surface area contributed by atoms with Crippen LogP contribution in [0.4, 0.5) is 13.2 Å². The molecule has 4 aromatic rings. The quantitative estimate of drug-likeness (QED) is 0.144. The van der Waals surface area contributed by atoms with E-state index in [9.17, 15) is 32.3 Å². The van der Waals surface area contributed by atoms with Gasteiger partial charge in [-0.15, -0.1) is 0 Å². The maximum absolute atomic E-state index is 14.0. The SMILES string of the molecule is CCOc1ccccc1Oc1c(C(F)(F)F)oc2cc(OC(=O)c3ccc4c(c3)C(=O)N(C(C)C)C4=O)ccc2c1=O. The first-order valence-corrected chi connectivity index (χ1v) is 12.7. The van der Waals surface area contributed by atoms with Crippen molar-refractivity contribution in [2.75, 3.05) is 6.61 Å². The number of hydrogen-bond acceptors (Lipinski definition) is 8. The van der Waals surface area contributed by atoms with E-state index in [-0.39, 0.29) is 45.9 Å². The first-order valence-electron chi connectivity index (χ1n) is 12.7. The first-order chi connectivity index (χ1) is 19.9. The Kier molecular flexibility index (Phi) is 7.23. The number of para-hydroxylation sites is 2. The lowest BCUT2D eigenvalue weighted by Crippen LogP contribution is -2.35. The summed E-state index contributed by atoms with van der Waals surface area (Å²) in [4.78, 5) is 52.3.